The first-order valence-electron chi connectivity index (χ1n) is 4.64. The van der Waals surface area contributed by atoms with Gasteiger partial charge in [-0.05, 0) is 24.6 Å². The largest absolute Gasteiger partial charge is 0.399 e. The van der Waals surface area contributed by atoms with E-state index in [4.69, 9.17) is 10.8 Å². The number of nitrogens with one attached hydrogen (secondary N) is 1. The van der Waals surface area contributed by atoms with Gasteiger partial charge in [-0.2, -0.15) is 0 Å². The zero-order chi connectivity index (χ0) is 9.97. The number of fused-ring (bicyclic) bond motifs is 1. The zero-order valence-electron chi connectivity index (χ0n) is 8.64. The number of aromatic nitrogens is 2. The van der Waals surface area contributed by atoms with Crippen molar-refractivity contribution in [3.63, 3.8) is 0 Å². The van der Waals surface area contributed by atoms with Gasteiger partial charge in [0.2, 0.25) is 0 Å². The summed E-state index contributed by atoms with van der Waals surface area (Å²) in [5.74, 6) is 0.902. The minimum absolute atomic E-state index is 0. The lowest BCUT2D eigenvalue weighted by Crippen LogP contribution is -1.90. The van der Waals surface area contributed by atoms with Gasteiger partial charge >= 0.3 is 0 Å². The number of halogens is 2. The number of imidazole rings is 1. The topological polar surface area (TPSA) is 74.9 Å². The van der Waals surface area contributed by atoms with E-state index in [1.165, 1.54) is 0 Å². The molecule has 0 saturated heterocycles. The van der Waals surface area contributed by atoms with Gasteiger partial charge in [-0.3, -0.25) is 0 Å². The third-order valence-corrected chi connectivity index (χ3v) is 2.13. The van der Waals surface area contributed by atoms with Gasteiger partial charge in [0, 0.05) is 18.7 Å². The number of H-pyrrole nitrogens is 1. The van der Waals surface area contributed by atoms with Crippen LogP contribution in [0.2, 0.25) is 0 Å². The Kier molecular flexibility index (Phi) is 6.18. The summed E-state index contributed by atoms with van der Waals surface area (Å²) in [6.07, 6.45) is 1.50. The molecule has 0 spiro atoms. The van der Waals surface area contributed by atoms with Gasteiger partial charge in [0.15, 0.2) is 0 Å². The minimum Gasteiger partial charge on any atom is -0.399 e. The summed E-state index contributed by atoms with van der Waals surface area (Å²) < 4.78 is 0. The van der Waals surface area contributed by atoms with Crippen LogP contribution in [0.5, 0.6) is 0 Å². The normalized spacial score (nSPS) is 9.56. The van der Waals surface area contributed by atoms with Crippen LogP contribution in [0.3, 0.4) is 0 Å². The highest BCUT2D eigenvalue weighted by atomic mass is 35.5. The number of nitrogen functional groups attached to an aromatic ring is 1. The molecule has 0 bridgehead atoms. The Morgan fingerprint density at radius 1 is 1.31 bits per heavy atom. The number of benzene rings is 1. The fraction of sp³-hybridized carbons (Fsp3) is 0.300. The van der Waals surface area contributed by atoms with Crippen LogP contribution in [-0.4, -0.2) is 21.7 Å². The maximum absolute atomic E-state index is 8.68. The third-order valence-electron chi connectivity index (χ3n) is 2.13. The average Bonchev–Trinajstić information content (AvgIpc) is 2.56. The molecule has 0 aliphatic heterocycles. The summed E-state index contributed by atoms with van der Waals surface area (Å²) in [7, 11) is 0. The van der Waals surface area contributed by atoms with Crippen molar-refractivity contribution in [1.29, 1.82) is 0 Å². The van der Waals surface area contributed by atoms with E-state index >= 15 is 0 Å². The molecule has 4 N–H and O–H groups in total. The van der Waals surface area contributed by atoms with Crippen molar-refractivity contribution in [2.75, 3.05) is 12.3 Å². The lowest BCUT2D eigenvalue weighted by atomic mass is 10.3. The van der Waals surface area contributed by atoms with Gasteiger partial charge in [0.05, 0.1) is 11.0 Å². The van der Waals surface area contributed by atoms with Gasteiger partial charge < -0.3 is 15.8 Å². The van der Waals surface area contributed by atoms with Crippen LogP contribution in [0.4, 0.5) is 5.69 Å². The number of nitrogens with zero attached hydrogens (tertiary/aromatic N) is 1. The van der Waals surface area contributed by atoms with Gasteiger partial charge in [-0.15, -0.1) is 24.8 Å². The number of rotatable bonds is 3. The zero-order valence-corrected chi connectivity index (χ0v) is 10.3. The Bertz CT molecular complexity index is 445. The van der Waals surface area contributed by atoms with E-state index in [0.29, 0.717) is 0 Å². The lowest BCUT2D eigenvalue weighted by Gasteiger charge is -1.91. The highest BCUT2D eigenvalue weighted by molar-refractivity contribution is 5.85. The molecule has 0 aliphatic carbocycles. The fourth-order valence-electron chi connectivity index (χ4n) is 1.44. The van der Waals surface area contributed by atoms with E-state index in [0.717, 1.165) is 35.4 Å². The molecule has 0 radical (unpaired) electrons. The third kappa shape index (κ3) is 3.27. The van der Waals surface area contributed by atoms with Gasteiger partial charge in [0.1, 0.15) is 5.82 Å². The van der Waals surface area contributed by atoms with Crippen LogP contribution >= 0.6 is 24.8 Å². The van der Waals surface area contributed by atoms with Crippen molar-refractivity contribution >= 4 is 41.5 Å². The maximum Gasteiger partial charge on any atom is 0.107 e. The van der Waals surface area contributed by atoms with Crippen LogP contribution in [0.15, 0.2) is 18.2 Å². The summed E-state index contributed by atoms with van der Waals surface area (Å²) in [5, 5.41) is 8.68. The molecule has 0 amide bonds. The van der Waals surface area contributed by atoms with E-state index in [9.17, 15) is 0 Å². The fourth-order valence-corrected chi connectivity index (χ4v) is 1.44. The van der Waals surface area contributed by atoms with Crippen molar-refractivity contribution in [2.24, 2.45) is 0 Å². The monoisotopic (exact) mass is 263 g/mol. The SMILES string of the molecule is Cl.Cl.Nc1ccc2nc(CCCO)[nH]c2c1. The summed E-state index contributed by atoms with van der Waals surface area (Å²) in [5.41, 5.74) is 8.26. The van der Waals surface area contributed by atoms with Crippen molar-refractivity contribution in [3.8, 4) is 0 Å². The Morgan fingerprint density at radius 2 is 2.06 bits per heavy atom. The second kappa shape index (κ2) is 6.58. The summed E-state index contributed by atoms with van der Waals surface area (Å²) >= 11 is 0. The molecule has 0 unspecified atom stereocenters. The number of aliphatic hydroxyl groups is 1. The second-order valence-electron chi connectivity index (χ2n) is 3.29. The first kappa shape index (κ1) is 15.0. The Labute approximate surface area is 106 Å². The Morgan fingerprint density at radius 3 is 2.75 bits per heavy atom. The first-order chi connectivity index (χ1) is 6.79. The van der Waals surface area contributed by atoms with Crippen LogP contribution in [0.25, 0.3) is 11.0 Å². The number of nitrogens with two attached hydrogens (primary N) is 1. The number of anilines is 1. The van der Waals surface area contributed by atoms with Crippen LogP contribution in [0, 0.1) is 0 Å². The Hall–Kier alpha value is -0.970. The van der Waals surface area contributed by atoms with Crippen LogP contribution < -0.4 is 5.73 Å². The molecular weight excluding hydrogens is 249 g/mol. The molecule has 2 rings (SSSR count). The van der Waals surface area contributed by atoms with E-state index < -0.39 is 0 Å². The predicted molar refractivity (Wildman–Crippen MR) is 70.4 cm³/mol. The van der Waals surface area contributed by atoms with Gasteiger partial charge in [0.25, 0.3) is 0 Å². The molecule has 0 aliphatic rings. The maximum atomic E-state index is 8.68. The van der Waals surface area contributed by atoms with Gasteiger partial charge in [-0.25, -0.2) is 4.98 Å². The van der Waals surface area contributed by atoms with Crippen LogP contribution in [0.1, 0.15) is 12.2 Å². The van der Waals surface area contributed by atoms with Crippen molar-refractivity contribution in [3.05, 3.63) is 24.0 Å². The van der Waals surface area contributed by atoms with Gasteiger partial charge in [-0.1, -0.05) is 0 Å². The lowest BCUT2D eigenvalue weighted by molar-refractivity contribution is 0.287. The molecule has 2 aromatic rings. The number of aryl methyl sites for hydroxylation is 1. The summed E-state index contributed by atoms with van der Waals surface area (Å²) in [6.45, 7) is 0.194. The molecular formula is C10H15Cl2N3O. The van der Waals surface area contributed by atoms with Crippen LogP contribution in [-0.2, 0) is 6.42 Å². The van der Waals surface area contributed by atoms with E-state index in [2.05, 4.69) is 9.97 Å². The highest BCUT2D eigenvalue weighted by Gasteiger charge is 2.01. The van der Waals surface area contributed by atoms with E-state index in [1.807, 2.05) is 18.2 Å². The predicted octanol–water partition coefficient (Wildman–Crippen LogP) is 1.91. The molecule has 1 aromatic heterocycles. The van der Waals surface area contributed by atoms with E-state index in [-0.39, 0.29) is 31.4 Å². The number of aromatic amines is 1. The molecule has 0 atom stereocenters. The summed E-state index contributed by atoms with van der Waals surface area (Å²) in [4.78, 5) is 7.54. The summed E-state index contributed by atoms with van der Waals surface area (Å²) in [6, 6.07) is 5.59. The van der Waals surface area contributed by atoms with Crippen molar-refractivity contribution in [2.45, 2.75) is 12.8 Å². The molecule has 1 aromatic carbocycles. The van der Waals surface area contributed by atoms with Crippen molar-refractivity contribution in [1.82, 2.24) is 9.97 Å². The molecule has 16 heavy (non-hydrogen) atoms. The molecule has 0 saturated carbocycles. The smallest absolute Gasteiger partial charge is 0.107 e. The minimum atomic E-state index is 0. The Balaban J connectivity index is 0.00000112. The van der Waals surface area contributed by atoms with Crippen molar-refractivity contribution < 1.29 is 5.11 Å². The second-order valence-corrected chi connectivity index (χ2v) is 3.29. The average molecular weight is 264 g/mol. The quantitative estimate of drug-likeness (QED) is 0.741. The number of aliphatic hydroxyl groups excluding tert-OH is 1. The molecule has 6 heteroatoms. The first-order valence-corrected chi connectivity index (χ1v) is 4.64. The molecule has 4 nitrogen and oxygen atoms in total. The molecule has 1 heterocycles. The standard InChI is InChI=1S/C10H13N3O.2ClH/c11-7-3-4-8-9(6-7)13-10(12-8)2-1-5-14;;/h3-4,6,14H,1-2,5,11H2,(H,12,13);2*1H. The molecule has 90 valence electrons. The number of hydrogen-bond acceptors (Lipinski definition) is 3. The molecule has 0 fully saturated rings. The van der Waals surface area contributed by atoms with E-state index in [1.54, 1.807) is 0 Å². The number of hydrogen-bond donors (Lipinski definition) is 3. The highest BCUT2D eigenvalue weighted by Crippen LogP contribution is 2.15.